The highest BCUT2D eigenvalue weighted by Crippen LogP contribution is 2.32. The Morgan fingerprint density at radius 3 is 2.19 bits per heavy atom. The molecule has 2 aliphatic rings. The number of rotatable bonds is 20. The lowest BCUT2D eigenvalue weighted by atomic mass is 10.0. The molecule has 11 heteroatoms. The van der Waals surface area contributed by atoms with Crippen molar-refractivity contribution in [2.45, 2.75) is 76.7 Å². The second kappa shape index (κ2) is 18.1. The number of hydrogen-bond donors (Lipinski definition) is 2. The van der Waals surface area contributed by atoms with Crippen LogP contribution in [0.15, 0.2) is 18.2 Å². The molecule has 1 aromatic carbocycles. The van der Waals surface area contributed by atoms with E-state index >= 15 is 0 Å². The summed E-state index contributed by atoms with van der Waals surface area (Å²) in [6, 6.07) is 3.56. The predicted molar refractivity (Wildman–Crippen MR) is 155 cm³/mol. The molecule has 1 saturated heterocycles. The molecule has 1 aromatic rings. The van der Waals surface area contributed by atoms with Gasteiger partial charge in [-0.25, -0.2) is 0 Å². The van der Waals surface area contributed by atoms with Gasteiger partial charge in [0.2, 0.25) is 17.7 Å². The molecule has 1 atom stereocenters. The van der Waals surface area contributed by atoms with Crippen molar-refractivity contribution in [1.82, 2.24) is 10.2 Å². The molecule has 42 heavy (non-hydrogen) atoms. The zero-order valence-electron chi connectivity index (χ0n) is 24.1. The Hall–Kier alpha value is -3.59. The number of hydrogen-bond acceptors (Lipinski definition) is 8. The van der Waals surface area contributed by atoms with E-state index in [1.165, 1.54) is 6.07 Å². The minimum absolute atomic E-state index is 0.0391. The van der Waals surface area contributed by atoms with Gasteiger partial charge in [-0.2, -0.15) is 0 Å². The SMILES string of the molecule is C#CCCCCCCOCCOCCOCCCCCC(=O)Nc1cccc2c1C(=O)N(C1CCC(=O)NC1=O)C2=O. The van der Waals surface area contributed by atoms with Crippen LogP contribution in [0.1, 0.15) is 91.3 Å². The summed E-state index contributed by atoms with van der Waals surface area (Å²) < 4.78 is 16.6. The summed E-state index contributed by atoms with van der Waals surface area (Å²) in [4.78, 5) is 63.2. The van der Waals surface area contributed by atoms with Gasteiger partial charge in [0.1, 0.15) is 6.04 Å². The molecule has 0 bridgehead atoms. The van der Waals surface area contributed by atoms with Gasteiger partial charge in [0.25, 0.3) is 11.8 Å². The monoisotopic (exact) mass is 583 g/mol. The Labute approximate surface area is 247 Å². The molecule has 0 saturated carbocycles. The highest BCUT2D eigenvalue weighted by atomic mass is 16.5. The van der Waals surface area contributed by atoms with Gasteiger partial charge in [0, 0.05) is 32.5 Å². The molecule has 0 aromatic heterocycles. The number of ether oxygens (including phenoxy) is 3. The second-order valence-corrected chi connectivity index (χ2v) is 10.2. The summed E-state index contributed by atoms with van der Waals surface area (Å²) in [6.45, 7) is 3.41. The van der Waals surface area contributed by atoms with Crippen molar-refractivity contribution in [3.8, 4) is 12.3 Å². The van der Waals surface area contributed by atoms with E-state index in [-0.39, 0.29) is 42.0 Å². The fourth-order valence-electron chi connectivity index (χ4n) is 4.82. The average molecular weight is 584 g/mol. The van der Waals surface area contributed by atoms with E-state index in [1.807, 2.05) is 0 Å². The molecule has 2 N–H and O–H groups in total. The van der Waals surface area contributed by atoms with Gasteiger partial charge in [-0.05, 0) is 44.2 Å². The molecule has 1 fully saturated rings. The second-order valence-electron chi connectivity index (χ2n) is 10.2. The third-order valence-electron chi connectivity index (χ3n) is 7.04. The molecule has 228 valence electrons. The van der Waals surface area contributed by atoms with Crippen LogP contribution in [-0.4, -0.2) is 80.1 Å². The number of terminal acetylenes is 1. The fraction of sp³-hybridized carbons (Fsp3) is 0.581. The summed E-state index contributed by atoms with van der Waals surface area (Å²) >= 11 is 0. The zero-order chi connectivity index (χ0) is 30.2. The van der Waals surface area contributed by atoms with Crippen LogP contribution in [0.4, 0.5) is 5.69 Å². The first kappa shape index (κ1) is 32.9. The Balaban J connectivity index is 1.24. The Morgan fingerprint density at radius 2 is 1.52 bits per heavy atom. The minimum Gasteiger partial charge on any atom is -0.379 e. The number of amides is 5. The summed E-state index contributed by atoms with van der Waals surface area (Å²) in [5, 5.41) is 4.90. The highest BCUT2D eigenvalue weighted by Gasteiger charge is 2.45. The van der Waals surface area contributed by atoms with Gasteiger partial charge in [-0.1, -0.05) is 25.3 Å². The van der Waals surface area contributed by atoms with Crippen LogP contribution in [0.5, 0.6) is 0 Å². The van der Waals surface area contributed by atoms with Gasteiger partial charge in [-0.3, -0.25) is 34.2 Å². The molecule has 1 unspecified atom stereocenters. The van der Waals surface area contributed by atoms with Crippen molar-refractivity contribution in [2.24, 2.45) is 0 Å². The Bertz CT molecular complexity index is 1150. The van der Waals surface area contributed by atoms with Crippen LogP contribution < -0.4 is 10.6 Å². The van der Waals surface area contributed by atoms with Crippen molar-refractivity contribution >= 4 is 35.2 Å². The van der Waals surface area contributed by atoms with Crippen molar-refractivity contribution in [3.63, 3.8) is 0 Å². The van der Waals surface area contributed by atoms with Crippen LogP contribution in [0.25, 0.3) is 0 Å². The normalized spacial score (nSPS) is 16.4. The number of piperidine rings is 1. The lowest BCUT2D eigenvalue weighted by Crippen LogP contribution is -2.54. The number of nitrogens with zero attached hydrogens (tertiary/aromatic N) is 1. The number of imide groups is 2. The molecule has 2 heterocycles. The first-order chi connectivity index (χ1) is 20.4. The van der Waals surface area contributed by atoms with Crippen LogP contribution >= 0.6 is 0 Å². The quantitative estimate of drug-likeness (QED) is 0.136. The van der Waals surface area contributed by atoms with Crippen LogP contribution in [0, 0.1) is 12.3 Å². The van der Waals surface area contributed by atoms with Gasteiger partial charge < -0.3 is 19.5 Å². The Kier molecular flexibility index (Phi) is 14.2. The van der Waals surface area contributed by atoms with Crippen LogP contribution in [0.3, 0.4) is 0 Å². The van der Waals surface area contributed by atoms with E-state index in [4.69, 9.17) is 20.6 Å². The fourth-order valence-corrected chi connectivity index (χ4v) is 4.82. The van der Waals surface area contributed by atoms with E-state index in [1.54, 1.807) is 12.1 Å². The summed E-state index contributed by atoms with van der Waals surface area (Å²) in [7, 11) is 0. The van der Waals surface area contributed by atoms with E-state index < -0.39 is 29.7 Å². The lowest BCUT2D eigenvalue weighted by molar-refractivity contribution is -0.136. The smallest absolute Gasteiger partial charge is 0.264 e. The van der Waals surface area contributed by atoms with Crippen molar-refractivity contribution in [1.29, 1.82) is 0 Å². The maximum atomic E-state index is 13.1. The van der Waals surface area contributed by atoms with Crippen LogP contribution in [0.2, 0.25) is 0 Å². The summed E-state index contributed by atoms with van der Waals surface area (Å²) in [6.07, 6.45) is 13.0. The molecule has 0 aliphatic carbocycles. The number of carbonyl (C=O) groups excluding carboxylic acids is 5. The van der Waals surface area contributed by atoms with Crippen molar-refractivity contribution in [2.75, 3.05) is 45.0 Å². The number of benzene rings is 1. The number of carbonyl (C=O) groups is 5. The average Bonchev–Trinajstić information content (AvgIpc) is 3.22. The zero-order valence-corrected chi connectivity index (χ0v) is 24.1. The molecule has 11 nitrogen and oxygen atoms in total. The molecular formula is C31H41N3O8. The topological polar surface area (TPSA) is 140 Å². The van der Waals surface area contributed by atoms with E-state index in [9.17, 15) is 24.0 Å². The standard InChI is InChI=1S/C31H41N3O8/c1-2-3-4-5-6-9-17-40-19-21-42-22-20-41-18-10-7-8-14-26(35)32-24-13-11-12-23-28(24)31(39)34(30(23)38)25-15-16-27(36)33-29(25)37/h1,11-13,25H,3-10,14-22H2,(H,32,35)(H,33,36,37). The van der Waals surface area contributed by atoms with E-state index in [2.05, 4.69) is 16.6 Å². The molecule has 5 amide bonds. The van der Waals surface area contributed by atoms with Gasteiger partial charge >= 0.3 is 0 Å². The largest absolute Gasteiger partial charge is 0.379 e. The number of anilines is 1. The molecule has 0 radical (unpaired) electrons. The predicted octanol–water partition coefficient (Wildman–Crippen LogP) is 3.22. The van der Waals surface area contributed by atoms with Crippen LogP contribution in [-0.2, 0) is 28.6 Å². The molecule has 0 spiro atoms. The maximum Gasteiger partial charge on any atom is 0.264 e. The summed E-state index contributed by atoms with van der Waals surface area (Å²) in [5.41, 5.74) is 0.421. The minimum atomic E-state index is -1.06. The number of unbranched alkanes of at least 4 members (excludes halogenated alkanes) is 6. The Morgan fingerprint density at radius 1 is 0.881 bits per heavy atom. The first-order valence-electron chi connectivity index (χ1n) is 14.7. The third kappa shape index (κ3) is 10.0. The van der Waals surface area contributed by atoms with Crippen molar-refractivity contribution in [3.05, 3.63) is 29.3 Å². The number of nitrogens with one attached hydrogen (secondary N) is 2. The summed E-state index contributed by atoms with van der Waals surface area (Å²) in [5.74, 6) is -0.0134. The third-order valence-corrected chi connectivity index (χ3v) is 7.04. The first-order valence-corrected chi connectivity index (χ1v) is 14.7. The van der Waals surface area contributed by atoms with Gasteiger partial charge in [0.15, 0.2) is 0 Å². The lowest BCUT2D eigenvalue weighted by Gasteiger charge is -2.27. The molecular weight excluding hydrogens is 542 g/mol. The van der Waals surface area contributed by atoms with E-state index in [0.29, 0.717) is 39.5 Å². The molecule has 3 rings (SSSR count). The maximum absolute atomic E-state index is 13.1. The van der Waals surface area contributed by atoms with Crippen molar-refractivity contribution < 1.29 is 38.2 Å². The van der Waals surface area contributed by atoms with E-state index in [0.717, 1.165) is 56.5 Å². The van der Waals surface area contributed by atoms with Gasteiger partial charge in [-0.15, -0.1) is 12.3 Å². The number of fused-ring (bicyclic) bond motifs is 1. The van der Waals surface area contributed by atoms with Gasteiger partial charge in [0.05, 0.1) is 43.2 Å². The molecule has 2 aliphatic heterocycles. The highest BCUT2D eigenvalue weighted by molar-refractivity contribution is 6.26.